The smallest absolute Gasteiger partial charge is 0.292 e. The molecule has 6 heteroatoms. The predicted octanol–water partition coefficient (Wildman–Crippen LogP) is 3.74. The number of nitrogens with one attached hydrogen (secondary N) is 1. The molecule has 0 saturated heterocycles. The first-order valence-electron chi connectivity index (χ1n) is 7.24. The van der Waals surface area contributed by atoms with Crippen LogP contribution in [0.25, 0.3) is 0 Å². The topological polar surface area (TPSA) is 64.4 Å². The molecule has 1 aliphatic carbocycles. The van der Waals surface area contributed by atoms with Crippen LogP contribution in [0.3, 0.4) is 0 Å². The Hall–Kier alpha value is -1.69. The number of nitro benzene ring substituents is 1. The molecule has 0 aromatic heterocycles. The van der Waals surface area contributed by atoms with Gasteiger partial charge in [0.25, 0.3) is 5.69 Å². The summed E-state index contributed by atoms with van der Waals surface area (Å²) in [6, 6.07) is 3.52. The van der Waals surface area contributed by atoms with E-state index < -0.39 is 10.7 Å². The number of rotatable bonds is 6. The Kier molecular flexibility index (Phi) is 4.46. The van der Waals surface area contributed by atoms with Crippen LogP contribution in [0.15, 0.2) is 18.2 Å². The minimum atomic E-state index is -0.496. The van der Waals surface area contributed by atoms with Gasteiger partial charge in [-0.15, -0.1) is 0 Å². The fraction of sp³-hybridized carbons (Fsp3) is 0.600. The zero-order valence-corrected chi connectivity index (χ0v) is 12.6. The summed E-state index contributed by atoms with van der Waals surface area (Å²) in [5.74, 6) is -0.484. The van der Waals surface area contributed by atoms with Gasteiger partial charge in [-0.05, 0) is 25.8 Å². The molecule has 1 aromatic carbocycles. The van der Waals surface area contributed by atoms with Gasteiger partial charge in [0.1, 0.15) is 11.5 Å². The minimum absolute atomic E-state index is 0.0412. The van der Waals surface area contributed by atoms with Gasteiger partial charge in [-0.1, -0.05) is 13.8 Å². The lowest BCUT2D eigenvalue weighted by Crippen LogP contribution is -2.59. The van der Waals surface area contributed by atoms with Crippen LogP contribution in [-0.4, -0.2) is 23.7 Å². The van der Waals surface area contributed by atoms with E-state index in [1.54, 1.807) is 0 Å². The highest BCUT2D eigenvalue weighted by Gasteiger charge is 2.51. The van der Waals surface area contributed by atoms with E-state index in [0.717, 1.165) is 18.9 Å². The fourth-order valence-corrected chi connectivity index (χ4v) is 2.94. The van der Waals surface area contributed by atoms with E-state index in [1.807, 2.05) is 6.92 Å². The molecule has 1 N–H and O–H groups in total. The Bertz CT molecular complexity index is 538. The van der Waals surface area contributed by atoms with Crippen LogP contribution in [0.1, 0.15) is 33.6 Å². The van der Waals surface area contributed by atoms with Crippen LogP contribution in [0.4, 0.5) is 15.8 Å². The number of benzene rings is 1. The molecule has 0 spiro atoms. The Labute approximate surface area is 123 Å². The van der Waals surface area contributed by atoms with Crippen molar-refractivity contribution in [2.75, 3.05) is 11.9 Å². The SMILES string of the molecule is CCOC1CC(Nc2cc(F)ccc2[N+](=O)[O-])C1(C)CC. The van der Waals surface area contributed by atoms with Gasteiger partial charge in [-0.2, -0.15) is 0 Å². The van der Waals surface area contributed by atoms with Crippen LogP contribution in [0.5, 0.6) is 0 Å². The summed E-state index contributed by atoms with van der Waals surface area (Å²) in [5.41, 5.74) is 0.0326. The van der Waals surface area contributed by atoms with Crippen molar-refractivity contribution in [1.82, 2.24) is 0 Å². The van der Waals surface area contributed by atoms with Crippen molar-refractivity contribution in [1.29, 1.82) is 0 Å². The van der Waals surface area contributed by atoms with E-state index in [-0.39, 0.29) is 28.9 Å². The van der Waals surface area contributed by atoms with Gasteiger partial charge in [-0.3, -0.25) is 10.1 Å². The van der Waals surface area contributed by atoms with E-state index in [1.165, 1.54) is 12.1 Å². The fourth-order valence-electron chi connectivity index (χ4n) is 2.94. The van der Waals surface area contributed by atoms with Crippen LogP contribution in [0, 0.1) is 21.3 Å². The standard InChI is InChI=1S/C15H21FN2O3/c1-4-15(3)13(9-14(15)21-5-2)17-11-8-10(16)6-7-12(11)18(19)20/h6-8,13-14,17H,4-5,9H2,1-3H3. The van der Waals surface area contributed by atoms with Crippen LogP contribution in [0.2, 0.25) is 0 Å². The summed E-state index contributed by atoms with van der Waals surface area (Å²) in [5, 5.41) is 14.2. The van der Waals surface area contributed by atoms with Crippen LogP contribution < -0.4 is 5.32 Å². The Morgan fingerprint density at radius 2 is 2.24 bits per heavy atom. The molecule has 116 valence electrons. The maximum absolute atomic E-state index is 13.4. The molecule has 3 unspecified atom stereocenters. The molecule has 1 aromatic rings. The van der Waals surface area contributed by atoms with Crippen LogP contribution in [-0.2, 0) is 4.74 Å². The summed E-state index contributed by atoms with van der Waals surface area (Å²) >= 11 is 0. The summed E-state index contributed by atoms with van der Waals surface area (Å²) in [4.78, 5) is 10.5. The van der Waals surface area contributed by atoms with Gasteiger partial charge in [-0.25, -0.2) is 4.39 Å². The molecule has 1 saturated carbocycles. The van der Waals surface area contributed by atoms with Crippen molar-refractivity contribution in [3.05, 3.63) is 34.1 Å². The summed E-state index contributed by atoms with van der Waals surface area (Å²) in [6.07, 6.45) is 1.79. The lowest BCUT2D eigenvalue weighted by Gasteiger charge is -2.53. The molecule has 1 fully saturated rings. The highest BCUT2D eigenvalue weighted by molar-refractivity contribution is 5.62. The number of ether oxygens (including phenoxy) is 1. The largest absolute Gasteiger partial charge is 0.378 e. The predicted molar refractivity (Wildman–Crippen MR) is 78.9 cm³/mol. The average Bonchev–Trinajstić information content (AvgIpc) is 2.45. The number of anilines is 1. The normalized spacial score (nSPS) is 28.0. The molecule has 21 heavy (non-hydrogen) atoms. The first-order valence-corrected chi connectivity index (χ1v) is 7.24. The highest BCUT2D eigenvalue weighted by atomic mass is 19.1. The number of nitrogens with zero attached hydrogens (tertiary/aromatic N) is 1. The maximum Gasteiger partial charge on any atom is 0.292 e. The monoisotopic (exact) mass is 296 g/mol. The van der Waals surface area contributed by atoms with Gasteiger partial charge in [0, 0.05) is 30.2 Å². The number of halogens is 1. The molecule has 1 aliphatic rings. The summed E-state index contributed by atoms with van der Waals surface area (Å²) in [6.45, 7) is 6.76. The van der Waals surface area contributed by atoms with Crippen molar-refractivity contribution < 1.29 is 14.1 Å². The van der Waals surface area contributed by atoms with E-state index in [4.69, 9.17) is 4.74 Å². The molecule has 2 rings (SSSR count). The number of hydrogen-bond acceptors (Lipinski definition) is 4. The summed E-state index contributed by atoms with van der Waals surface area (Å²) in [7, 11) is 0. The lowest BCUT2D eigenvalue weighted by atomic mass is 9.61. The van der Waals surface area contributed by atoms with Crippen molar-refractivity contribution in [3.8, 4) is 0 Å². The Morgan fingerprint density at radius 1 is 1.52 bits per heavy atom. The number of hydrogen-bond donors (Lipinski definition) is 1. The van der Waals surface area contributed by atoms with E-state index in [0.29, 0.717) is 6.61 Å². The Balaban J connectivity index is 2.19. The Morgan fingerprint density at radius 3 is 2.81 bits per heavy atom. The lowest BCUT2D eigenvalue weighted by molar-refractivity contribution is -0.384. The molecule has 0 amide bonds. The van der Waals surface area contributed by atoms with Gasteiger partial charge < -0.3 is 10.1 Å². The molecule has 0 heterocycles. The van der Waals surface area contributed by atoms with Crippen LogP contribution >= 0.6 is 0 Å². The van der Waals surface area contributed by atoms with E-state index in [2.05, 4.69) is 19.2 Å². The molecular formula is C15H21FN2O3. The first-order chi connectivity index (χ1) is 9.92. The molecule has 3 atom stereocenters. The third-order valence-corrected chi connectivity index (χ3v) is 4.60. The molecule has 0 aliphatic heterocycles. The van der Waals surface area contributed by atoms with Gasteiger partial charge in [0.05, 0.1) is 11.0 Å². The second-order valence-electron chi connectivity index (χ2n) is 5.65. The van der Waals surface area contributed by atoms with E-state index in [9.17, 15) is 14.5 Å². The van der Waals surface area contributed by atoms with Gasteiger partial charge >= 0.3 is 0 Å². The summed E-state index contributed by atoms with van der Waals surface area (Å²) < 4.78 is 19.1. The van der Waals surface area contributed by atoms with Crippen molar-refractivity contribution in [2.24, 2.45) is 5.41 Å². The van der Waals surface area contributed by atoms with Crippen molar-refractivity contribution in [3.63, 3.8) is 0 Å². The zero-order chi connectivity index (χ0) is 15.6. The molecule has 0 bridgehead atoms. The van der Waals surface area contributed by atoms with Crippen molar-refractivity contribution in [2.45, 2.75) is 45.8 Å². The molecule has 5 nitrogen and oxygen atoms in total. The molecular weight excluding hydrogens is 275 g/mol. The average molecular weight is 296 g/mol. The quantitative estimate of drug-likeness (QED) is 0.641. The third-order valence-electron chi connectivity index (χ3n) is 4.60. The second kappa shape index (κ2) is 5.97. The minimum Gasteiger partial charge on any atom is -0.378 e. The first kappa shape index (κ1) is 15.7. The van der Waals surface area contributed by atoms with E-state index >= 15 is 0 Å². The van der Waals surface area contributed by atoms with Gasteiger partial charge in [0.2, 0.25) is 0 Å². The van der Waals surface area contributed by atoms with Crippen molar-refractivity contribution >= 4 is 11.4 Å². The molecule has 0 radical (unpaired) electrons. The zero-order valence-electron chi connectivity index (χ0n) is 12.6. The highest BCUT2D eigenvalue weighted by Crippen LogP contribution is 2.48. The third kappa shape index (κ3) is 2.85. The van der Waals surface area contributed by atoms with Gasteiger partial charge in [0.15, 0.2) is 0 Å². The second-order valence-corrected chi connectivity index (χ2v) is 5.65. The number of nitro groups is 1. The maximum atomic E-state index is 13.4.